The third-order valence-corrected chi connectivity index (χ3v) is 3.38. The molecule has 0 aliphatic heterocycles. The predicted molar refractivity (Wildman–Crippen MR) is 97.2 cm³/mol. The van der Waals surface area contributed by atoms with E-state index in [1.165, 1.54) is 0 Å². The number of aromatic nitrogens is 1. The average molecular weight is 335 g/mol. The predicted octanol–water partition coefficient (Wildman–Crippen LogP) is 3.07. The van der Waals surface area contributed by atoms with E-state index >= 15 is 0 Å². The summed E-state index contributed by atoms with van der Waals surface area (Å²) in [6.07, 6.45) is 5.08. The molecule has 23 heavy (non-hydrogen) atoms. The number of anilines is 1. The van der Waals surface area contributed by atoms with Crippen LogP contribution in [0.25, 0.3) is 0 Å². The Morgan fingerprint density at radius 1 is 1.17 bits per heavy atom. The van der Waals surface area contributed by atoms with Gasteiger partial charge in [-0.25, -0.2) is 4.57 Å². The lowest BCUT2D eigenvalue weighted by Crippen LogP contribution is -2.39. The van der Waals surface area contributed by atoms with Gasteiger partial charge in [0.15, 0.2) is 18.9 Å². The van der Waals surface area contributed by atoms with E-state index in [0.717, 1.165) is 11.3 Å². The molecule has 1 N–H and O–H groups in total. The Bertz CT molecular complexity index is 573. The molecule has 1 heterocycles. The zero-order chi connectivity index (χ0) is 17.1. The Kier molecular flexibility index (Phi) is 8.95. The highest BCUT2D eigenvalue weighted by atomic mass is 35.5. The maximum Gasteiger partial charge on any atom is 0.175 e. The number of para-hydroxylation sites is 1. The van der Waals surface area contributed by atoms with E-state index in [-0.39, 0.29) is 5.88 Å². The Labute approximate surface area is 143 Å². The van der Waals surface area contributed by atoms with E-state index in [1.54, 1.807) is 6.21 Å². The van der Waals surface area contributed by atoms with Crippen molar-refractivity contribution in [1.82, 2.24) is 0 Å². The summed E-state index contributed by atoms with van der Waals surface area (Å²) < 4.78 is 1.89. The molecule has 0 fully saturated rings. The minimum atomic E-state index is -0.527. The van der Waals surface area contributed by atoms with Gasteiger partial charge in [0.1, 0.15) is 6.10 Å². The topological polar surface area (TPSA) is 39.7 Å². The third kappa shape index (κ3) is 6.80. The van der Waals surface area contributed by atoms with Crippen LogP contribution in [0.5, 0.6) is 0 Å². The van der Waals surface area contributed by atoms with Gasteiger partial charge in [-0.05, 0) is 12.1 Å². The highest BCUT2D eigenvalue weighted by molar-refractivity contribution is 6.18. The Balaban J connectivity index is 0.00000127. The fourth-order valence-corrected chi connectivity index (χ4v) is 1.93. The fraction of sp³-hybridized carbons (Fsp3) is 0.333. The SMILES string of the molecule is CC.CN(/N=C/c1cc[n+](CC(O)CCl)cc1)c1ccccc1. The van der Waals surface area contributed by atoms with Gasteiger partial charge in [-0.2, -0.15) is 5.10 Å². The molecule has 1 atom stereocenters. The van der Waals surface area contributed by atoms with Gasteiger partial charge in [-0.1, -0.05) is 32.0 Å². The zero-order valence-corrected chi connectivity index (χ0v) is 14.7. The molecule has 0 aliphatic carbocycles. The van der Waals surface area contributed by atoms with E-state index in [0.29, 0.717) is 6.54 Å². The largest absolute Gasteiger partial charge is 0.385 e. The molecule has 0 amide bonds. The molecule has 5 heteroatoms. The Morgan fingerprint density at radius 3 is 2.35 bits per heavy atom. The average Bonchev–Trinajstić information content (AvgIpc) is 2.63. The zero-order valence-electron chi connectivity index (χ0n) is 13.9. The van der Waals surface area contributed by atoms with Gasteiger partial charge in [-0.3, -0.25) is 5.01 Å². The summed E-state index contributed by atoms with van der Waals surface area (Å²) in [6.45, 7) is 4.49. The van der Waals surface area contributed by atoms with E-state index in [1.807, 2.05) is 85.3 Å². The number of alkyl halides is 1. The van der Waals surface area contributed by atoms with Gasteiger partial charge < -0.3 is 5.11 Å². The van der Waals surface area contributed by atoms with Crippen molar-refractivity contribution in [2.75, 3.05) is 17.9 Å². The van der Waals surface area contributed by atoms with Crippen LogP contribution in [0.3, 0.4) is 0 Å². The lowest BCUT2D eigenvalue weighted by molar-refractivity contribution is -0.703. The molecule has 0 spiro atoms. The number of pyridine rings is 1. The van der Waals surface area contributed by atoms with Crippen LogP contribution in [0, 0.1) is 0 Å². The summed E-state index contributed by atoms with van der Waals surface area (Å²) >= 11 is 5.59. The molecule has 2 aromatic rings. The molecule has 0 bridgehead atoms. The summed E-state index contributed by atoms with van der Waals surface area (Å²) in [7, 11) is 1.91. The number of hydrogen-bond acceptors (Lipinski definition) is 3. The highest BCUT2D eigenvalue weighted by Gasteiger charge is 2.08. The molecule has 1 aromatic carbocycles. The number of hydrogen-bond donors (Lipinski definition) is 1. The number of halogens is 1. The van der Waals surface area contributed by atoms with E-state index in [2.05, 4.69) is 5.10 Å². The van der Waals surface area contributed by atoms with Crippen molar-refractivity contribution in [3.8, 4) is 0 Å². The summed E-state index contributed by atoms with van der Waals surface area (Å²) in [4.78, 5) is 0. The van der Waals surface area contributed by atoms with Crippen LogP contribution in [-0.2, 0) is 6.54 Å². The second-order valence-electron chi connectivity index (χ2n) is 4.74. The van der Waals surface area contributed by atoms with Crippen molar-refractivity contribution in [2.24, 2.45) is 5.10 Å². The van der Waals surface area contributed by atoms with Crippen LogP contribution >= 0.6 is 11.6 Å². The smallest absolute Gasteiger partial charge is 0.175 e. The monoisotopic (exact) mass is 334 g/mol. The van der Waals surface area contributed by atoms with Crippen molar-refractivity contribution in [2.45, 2.75) is 26.5 Å². The van der Waals surface area contributed by atoms with Crippen molar-refractivity contribution in [3.05, 3.63) is 60.4 Å². The van der Waals surface area contributed by atoms with Crippen LogP contribution in [0.15, 0.2) is 60.0 Å². The first-order valence-corrected chi connectivity index (χ1v) is 8.28. The molecule has 0 aliphatic rings. The maximum absolute atomic E-state index is 9.50. The summed E-state index contributed by atoms with van der Waals surface area (Å²) in [5.74, 6) is 0.234. The third-order valence-electron chi connectivity index (χ3n) is 3.03. The molecule has 124 valence electrons. The van der Waals surface area contributed by atoms with Crippen LogP contribution < -0.4 is 9.58 Å². The van der Waals surface area contributed by atoms with Gasteiger partial charge in [0, 0.05) is 24.7 Å². The molecule has 0 radical (unpaired) electrons. The van der Waals surface area contributed by atoms with Crippen LogP contribution in [0.4, 0.5) is 5.69 Å². The first kappa shape index (κ1) is 19.1. The summed E-state index contributed by atoms with van der Waals surface area (Å²) in [5, 5.41) is 15.7. The molecule has 2 rings (SSSR count). The van der Waals surface area contributed by atoms with Gasteiger partial charge in [-0.15, -0.1) is 11.6 Å². The molecule has 1 aromatic heterocycles. The molecule has 4 nitrogen and oxygen atoms in total. The van der Waals surface area contributed by atoms with Gasteiger partial charge in [0.25, 0.3) is 0 Å². The second kappa shape index (κ2) is 10.8. The van der Waals surface area contributed by atoms with E-state index in [4.69, 9.17) is 11.6 Å². The lowest BCUT2D eigenvalue weighted by Gasteiger charge is -2.11. The maximum atomic E-state index is 9.50. The first-order valence-electron chi connectivity index (χ1n) is 7.75. The van der Waals surface area contributed by atoms with Crippen molar-refractivity contribution < 1.29 is 9.67 Å². The highest BCUT2D eigenvalue weighted by Crippen LogP contribution is 2.10. The van der Waals surface area contributed by atoms with E-state index < -0.39 is 6.10 Å². The molecule has 0 saturated carbocycles. The summed E-state index contributed by atoms with van der Waals surface area (Å²) in [6, 6.07) is 13.8. The fourth-order valence-electron chi connectivity index (χ4n) is 1.83. The van der Waals surface area contributed by atoms with Crippen molar-refractivity contribution >= 4 is 23.5 Å². The molecule has 1 unspecified atom stereocenters. The number of aliphatic hydroxyl groups excluding tert-OH is 1. The first-order chi connectivity index (χ1) is 11.2. The number of rotatable bonds is 6. The number of hydrazone groups is 1. The second-order valence-corrected chi connectivity index (χ2v) is 5.05. The van der Waals surface area contributed by atoms with Crippen molar-refractivity contribution in [3.63, 3.8) is 0 Å². The Hall–Kier alpha value is -1.91. The van der Waals surface area contributed by atoms with Crippen LogP contribution in [-0.4, -0.2) is 30.4 Å². The van der Waals surface area contributed by atoms with E-state index in [9.17, 15) is 5.11 Å². The lowest BCUT2D eigenvalue weighted by atomic mass is 10.3. The number of nitrogens with zero attached hydrogens (tertiary/aromatic N) is 3. The minimum Gasteiger partial charge on any atom is -0.385 e. The summed E-state index contributed by atoms with van der Waals surface area (Å²) in [5.41, 5.74) is 2.03. The Morgan fingerprint density at radius 2 is 1.78 bits per heavy atom. The minimum absolute atomic E-state index is 0.234. The number of benzene rings is 1. The van der Waals surface area contributed by atoms with Crippen LogP contribution in [0.1, 0.15) is 19.4 Å². The standard InChI is InChI=1S/C16H19ClN3O.C2H6/c1-19(15-5-3-2-4-6-15)18-12-14-7-9-20(10-8-14)13-16(21)11-17;1-2/h2-10,12,16,21H,11,13H2,1H3;1-2H3/q+1;. The normalized spacial score (nSPS) is 11.7. The van der Waals surface area contributed by atoms with Gasteiger partial charge in [0.2, 0.25) is 0 Å². The van der Waals surface area contributed by atoms with Gasteiger partial charge in [0.05, 0.1) is 17.8 Å². The van der Waals surface area contributed by atoms with Gasteiger partial charge >= 0.3 is 0 Å². The molecular weight excluding hydrogens is 310 g/mol. The number of aliphatic hydroxyl groups is 1. The molecule has 0 saturated heterocycles. The quantitative estimate of drug-likeness (QED) is 0.382. The van der Waals surface area contributed by atoms with Crippen molar-refractivity contribution in [1.29, 1.82) is 0 Å². The van der Waals surface area contributed by atoms with Crippen LogP contribution in [0.2, 0.25) is 0 Å². The molecular formula is C18H25ClN3O+.